The van der Waals surface area contributed by atoms with Gasteiger partial charge in [0.25, 0.3) is 5.91 Å². The fraction of sp³-hybridized carbons (Fsp3) is 0.429. The van der Waals surface area contributed by atoms with Crippen LogP contribution in [0.3, 0.4) is 0 Å². The predicted molar refractivity (Wildman–Crippen MR) is 81.9 cm³/mol. The lowest BCUT2D eigenvalue weighted by atomic mass is 10.0. The van der Waals surface area contributed by atoms with Crippen molar-refractivity contribution < 1.29 is 19.4 Å². The van der Waals surface area contributed by atoms with Crippen molar-refractivity contribution in [3.63, 3.8) is 0 Å². The zero-order valence-corrected chi connectivity index (χ0v) is 13.2. The van der Waals surface area contributed by atoms with Crippen LogP contribution >= 0.6 is 22.6 Å². The van der Waals surface area contributed by atoms with E-state index in [9.17, 15) is 9.59 Å². The van der Waals surface area contributed by atoms with E-state index in [1.807, 2.05) is 0 Å². The van der Waals surface area contributed by atoms with Crippen LogP contribution in [0.25, 0.3) is 0 Å². The number of halogens is 1. The van der Waals surface area contributed by atoms with Crippen LogP contribution in [0.1, 0.15) is 29.6 Å². The highest BCUT2D eigenvalue weighted by atomic mass is 127. The first kappa shape index (κ1) is 15.1. The molecule has 5 nitrogen and oxygen atoms in total. The second kappa shape index (κ2) is 6.43. The van der Waals surface area contributed by atoms with Gasteiger partial charge in [0.15, 0.2) is 0 Å². The molecule has 0 spiro atoms. The Balaban J connectivity index is 2.10. The molecule has 1 saturated carbocycles. The molecule has 0 radical (unpaired) electrons. The number of methoxy groups -OCH3 is 1. The number of rotatable bonds is 4. The number of hydrogen-bond acceptors (Lipinski definition) is 3. The third kappa shape index (κ3) is 3.23. The molecule has 2 rings (SSSR count). The van der Waals surface area contributed by atoms with E-state index >= 15 is 0 Å². The zero-order valence-electron chi connectivity index (χ0n) is 11.1. The van der Waals surface area contributed by atoms with Gasteiger partial charge in [-0.05, 0) is 53.6 Å². The SMILES string of the molecule is COc1ccc(C(=O)N[C@@H]2CCC[C@@H]2C(=O)O)c(I)c1. The average Bonchev–Trinajstić information content (AvgIpc) is 2.86. The van der Waals surface area contributed by atoms with Crippen molar-refractivity contribution >= 4 is 34.5 Å². The summed E-state index contributed by atoms with van der Waals surface area (Å²) in [4.78, 5) is 23.4. The smallest absolute Gasteiger partial charge is 0.308 e. The van der Waals surface area contributed by atoms with E-state index in [-0.39, 0.29) is 11.9 Å². The molecule has 1 aromatic rings. The summed E-state index contributed by atoms with van der Waals surface area (Å²) in [7, 11) is 1.57. The van der Waals surface area contributed by atoms with Crippen LogP contribution < -0.4 is 10.1 Å². The van der Waals surface area contributed by atoms with Gasteiger partial charge in [0.05, 0.1) is 18.6 Å². The standard InChI is InChI=1S/C14H16INO4/c1-20-8-5-6-9(11(15)7-8)13(17)16-12-4-2-3-10(12)14(18)19/h5-7,10,12H,2-4H2,1H3,(H,16,17)(H,18,19)/t10-,12+/m0/s1. The fourth-order valence-corrected chi connectivity index (χ4v) is 3.21. The zero-order chi connectivity index (χ0) is 14.7. The van der Waals surface area contributed by atoms with Crippen LogP contribution in [0.15, 0.2) is 18.2 Å². The van der Waals surface area contributed by atoms with Crippen molar-refractivity contribution in [2.45, 2.75) is 25.3 Å². The van der Waals surface area contributed by atoms with E-state index in [1.165, 1.54) is 0 Å². The number of amides is 1. The quantitative estimate of drug-likeness (QED) is 0.775. The van der Waals surface area contributed by atoms with Gasteiger partial charge in [-0.15, -0.1) is 0 Å². The summed E-state index contributed by atoms with van der Waals surface area (Å²) in [5.41, 5.74) is 0.544. The second-order valence-corrected chi connectivity index (χ2v) is 5.96. The number of hydrogen-bond donors (Lipinski definition) is 2. The first-order valence-electron chi connectivity index (χ1n) is 6.40. The van der Waals surface area contributed by atoms with Gasteiger partial charge in [-0.3, -0.25) is 9.59 Å². The molecular formula is C14H16INO4. The van der Waals surface area contributed by atoms with Crippen molar-refractivity contribution in [3.8, 4) is 5.75 Å². The van der Waals surface area contributed by atoms with E-state index in [4.69, 9.17) is 9.84 Å². The normalized spacial score (nSPS) is 21.5. The number of carbonyl (C=O) groups excluding carboxylic acids is 1. The highest BCUT2D eigenvalue weighted by Gasteiger charge is 2.34. The summed E-state index contributed by atoms with van der Waals surface area (Å²) in [5.74, 6) is -0.850. The molecule has 1 aliphatic carbocycles. The summed E-state index contributed by atoms with van der Waals surface area (Å²) < 4.78 is 5.88. The van der Waals surface area contributed by atoms with Gasteiger partial charge >= 0.3 is 5.97 Å². The Hall–Kier alpha value is -1.31. The molecule has 1 fully saturated rings. The van der Waals surface area contributed by atoms with E-state index in [1.54, 1.807) is 25.3 Å². The molecule has 1 aliphatic rings. The molecule has 0 aromatic heterocycles. The minimum Gasteiger partial charge on any atom is -0.497 e. The Morgan fingerprint density at radius 3 is 2.75 bits per heavy atom. The van der Waals surface area contributed by atoms with Crippen LogP contribution in [0.2, 0.25) is 0 Å². The Morgan fingerprint density at radius 2 is 2.15 bits per heavy atom. The Labute approximate surface area is 130 Å². The molecule has 108 valence electrons. The Kier molecular flexibility index (Phi) is 4.85. The van der Waals surface area contributed by atoms with E-state index < -0.39 is 11.9 Å². The minimum atomic E-state index is -0.836. The van der Waals surface area contributed by atoms with Crippen LogP contribution in [-0.2, 0) is 4.79 Å². The number of carbonyl (C=O) groups is 2. The third-order valence-electron chi connectivity index (χ3n) is 3.57. The van der Waals surface area contributed by atoms with Gasteiger partial charge in [-0.1, -0.05) is 6.42 Å². The van der Waals surface area contributed by atoms with Gasteiger partial charge < -0.3 is 15.2 Å². The van der Waals surface area contributed by atoms with Crippen LogP contribution in [0.5, 0.6) is 5.75 Å². The first-order valence-corrected chi connectivity index (χ1v) is 7.48. The van der Waals surface area contributed by atoms with Crippen molar-refractivity contribution in [2.24, 2.45) is 5.92 Å². The number of aliphatic carboxylic acids is 1. The summed E-state index contributed by atoms with van der Waals surface area (Å²) >= 11 is 2.07. The van der Waals surface area contributed by atoms with E-state index in [2.05, 4.69) is 27.9 Å². The lowest BCUT2D eigenvalue weighted by molar-refractivity contribution is -0.142. The summed E-state index contributed by atoms with van der Waals surface area (Å²) in [6.07, 6.45) is 2.18. The molecular weight excluding hydrogens is 373 g/mol. The highest BCUT2D eigenvalue weighted by Crippen LogP contribution is 2.27. The highest BCUT2D eigenvalue weighted by molar-refractivity contribution is 14.1. The number of benzene rings is 1. The minimum absolute atomic E-state index is 0.227. The second-order valence-electron chi connectivity index (χ2n) is 4.80. The lowest BCUT2D eigenvalue weighted by Gasteiger charge is -2.18. The van der Waals surface area contributed by atoms with Crippen molar-refractivity contribution in [3.05, 3.63) is 27.3 Å². The van der Waals surface area contributed by atoms with Crippen LogP contribution in [0, 0.1) is 9.49 Å². The van der Waals surface area contributed by atoms with E-state index in [0.29, 0.717) is 17.7 Å². The van der Waals surface area contributed by atoms with Gasteiger partial charge in [0, 0.05) is 9.61 Å². The van der Waals surface area contributed by atoms with Crippen molar-refractivity contribution in [2.75, 3.05) is 7.11 Å². The number of ether oxygens (including phenoxy) is 1. The van der Waals surface area contributed by atoms with Crippen molar-refractivity contribution in [1.82, 2.24) is 5.32 Å². The fourth-order valence-electron chi connectivity index (χ4n) is 2.48. The topological polar surface area (TPSA) is 75.6 Å². The number of nitrogens with one attached hydrogen (secondary N) is 1. The number of carboxylic acid groups (broad SMARTS) is 1. The van der Waals surface area contributed by atoms with Crippen molar-refractivity contribution in [1.29, 1.82) is 0 Å². The molecule has 2 atom stereocenters. The number of carboxylic acids is 1. The Bertz CT molecular complexity index is 532. The summed E-state index contributed by atoms with van der Waals surface area (Å²) in [6, 6.07) is 4.91. The van der Waals surface area contributed by atoms with Crippen LogP contribution in [0.4, 0.5) is 0 Å². The summed E-state index contributed by atoms with van der Waals surface area (Å²) in [6.45, 7) is 0. The molecule has 0 unspecified atom stereocenters. The average molecular weight is 389 g/mol. The maximum absolute atomic E-state index is 12.2. The molecule has 1 amide bonds. The molecule has 0 bridgehead atoms. The van der Waals surface area contributed by atoms with Gasteiger partial charge in [-0.25, -0.2) is 0 Å². The third-order valence-corrected chi connectivity index (χ3v) is 4.46. The van der Waals surface area contributed by atoms with Crippen LogP contribution in [-0.4, -0.2) is 30.1 Å². The molecule has 1 aromatic carbocycles. The molecule has 0 heterocycles. The van der Waals surface area contributed by atoms with Gasteiger partial charge in [0.2, 0.25) is 0 Å². The molecule has 0 aliphatic heterocycles. The largest absolute Gasteiger partial charge is 0.497 e. The Morgan fingerprint density at radius 1 is 1.40 bits per heavy atom. The van der Waals surface area contributed by atoms with E-state index in [0.717, 1.165) is 16.4 Å². The lowest BCUT2D eigenvalue weighted by Crippen LogP contribution is -2.40. The molecule has 0 saturated heterocycles. The molecule has 6 heteroatoms. The monoisotopic (exact) mass is 389 g/mol. The van der Waals surface area contributed by atoms with Gasteiger partial charge in [0.1, 0.15) is 5.75 Å². The maximum atomic E-state index is 12.2. The maximum Gasteiger partial charge on any atom is 0.308 e. The van der Waals surface area contributed by atoms with Gasteiger partial charge in [-0.2, -0.15) is 0 Å². The molecule has 20 heavy (non-hydrogen) atoms. The first-order chi connectivity index (χ1) is 9.52. The predicted octanol–water partition coefficient (Wildman–Crippen LogP) is 2.28. The molecule has 2 N–H and O–H groups in total. The summed E-state index contributed by atoms with van der Waals surface area (Å²) in [5, 5.41) is 12.0.